The minimum Gasteiger partial charge on any atom is -0.327 e. The average molecular weight is 208 g/mol. The lowest BCUT2D eigenvalue weighted by Crippen LogP contribution is -2.04. The van der Waals surface area contributed by atoms with Crippen LogP contribution in [0.25, 0.3) is 0 Å². The SMILES string of the molecule is CCC(C)O[PH](=O)C(C)CC.[AlH3]. The first-order valence-electron chi connectivity index (χ1n) is 4.32. The molecule has 0 aliphatic rings. The van der Waals surface area contributed by atoms with Gasteiger partial charge in [0.1, 0.15) is 0 Å². The third kappa shape index (κ3) is 6.26. The molecule has 0 aromatic carbocycles. The summed E-state index contributed by atoms with van der Waals surface area (Å²) in [6.45, 7) is 8.01. The van der Waals surface area contributed by atoms with Crippen LogP contribution >= 0.6 is 8.03 Å². The molecule has 0 bridgehead atoms. The summed E-state index contributed by atoms with van der Waals surface area (Å²) in [5, 5.41) is 0. The maximum atomic E-state index is 11.3. The molecule has 4 heteroatoms. The van der Waals surface area contributed by atoms with Gasteiger partial charge in [-0.15, -0.1) is 0 Å². The molecule has 0 rings (SSSR count). The molecule has 74 valence electrons. The van der Waals surface area contributed by atoms with Crippen LogP contribution in [0.5, 0.6) is 0 Å². The van der Waals surface area contributed by atoms with E-state index < -0.39 is 8.03 Å². The van der Waals surface area contributed by atoms with Crippen molar-refractivity contribution in [2.24, 2.45) is 0 Å². The number of hydrogen-bond donors (Lipinski definition) is 0. The van der Waals surface area contributed by atoms with Crippen LogP contribution in [0.15, 0.2) is 0 Å². The summed E-state index contributed by atoms with van der Waals surface area (Å²) in [4.78, 5) is 0. The molecule has 3 atom stereocenters. The Morgan fingerprint density at radius 3 is 2.08 bits per heavy atom. The molecule has 0 aromatic rings. The summed E-state index contributed by atoms with van der Waals surface area (Å²) < 4.78 is 16.6. The molecular formula is C8H22AlO2P. The van der Waals surface area contributed by atoms with Crippen molar-refractivity contribution in [2.45, 2.75) is 52.3 Å². The predicted molar refractivity (Wildman–Crippen MR) is 59.5 cm³/mol. The van der Waals surface area contributed by atoms with Crippen LogP contribution in [0, 0.1) is 0 Å². The first-order valence-corrected chi connectivity index (χ1v) is 5.71. The molecule has 2 nitrogen and oxygen atoms in total. The average Bonchev–Trinajstić information content (AvgIpc) is 2.02. The van der Waals surface area contributed by atoms with Gasteiger partial charge in [-0.25, -0.2) is 0 Å². The molecule has 12 heavy (non-hydrogen) atoms. The molecule has 0 aliphatic heterocycles. The second-order valence-corrected chi connectivity index (χ2v) is 4.82. The zero-order chi connectivity index (χ0) is 8.85. The Morgan fingerprint density at radius 2 is 1.75 bits per heavy atom. The fraction of sp³-hybridized carbons (Fsp3) is 1.00. The topological polar surface area (TPSA) is 26.3 Å². The summed E-state index contributed by atoms with van der Waals surface area (Å²) in [5.41, 5.74) is 0.231. The molecule has 0 heterocycles. The van der Waals surface area contributed by atoms with Crippen LogP contribution in [0.3, 0.4) is 0 Å². The fourth-order valence-corrected chi connectivity index (χ4v) is 1.69. The smallest absolute Gasteiger partial charge is 0.194 e. The van der Waals surface area contributed by atoms with Gasteiger partial charge in [-0.2, -0.15) is 0 Å². The van der Waals surface area contributed by atoms with Gasteiger partial charge in [-0.1, -0.05) is 20.8 Å². The highest BCUT2D eigenvalue weighted by Gasteiger charge is 2.11. The maximum absolute atomic E-state index is 11.3. The van der Waals surface area contributed by atoms with Crippen LogP contribution in [0.2, 0.25) is 0 Å². The van der Waals surface area contributed by atoms with E-state index in [-0.39, 0.29) is 29.1 Å². The van der Waals surface area contributed by atoms with Crippen LogP contribution in [-0.2, 0) is 9.09 Å². The molecule has 0 aromatic heterocycles. The van der Waals surface area contributed by atoms with Gasteiger partial charge in [0.25, 0.3) is 0 Å². The van der Waals surface area contributed by atoms with Crippen molar-refractivity contribution in [3.63, 3.8) is 0 Å². The highest BCUT2D eigenvalue weighted by Crippen LogP contribution is 2.33. The summed E-state index contributed by atoms with van der Waals surface area (Å²) in [7, 11) is -1.78. The third-order valence-electron chi connectivity index (χ3n) is 1.91. The Hall–Kier alpha value is 0.722. The van der Waals surface area contributed by atoms with E-state index in [1.807, 2.05) is 27.7 Å². The van der Waals surface area contributed by atoms with Crippen LogP contribution in [0.4, 0.5) is 0 Å². The zero-order valence-corrected chi connectivity index (χ0v) is 8.89. The lowest BCUT2D eigenvalue weighted by molar-refractivity contribution is 0.227. The molecule has 0 amide bonds. The minimum atomic E-state index is -1.78. The van der Waals surface area contributed by atoms with Gasteiger partial charge < -0.3 is 4.52 Å². The highest BCUT2D eigenvalue weighted by atomic mass is 31.1. The minimum absolute atomic E-state index is 0. The lowest BCUT2D eigenvalue weighted by Gasteiger charge is -2.13. The monoisotopic (exact) mass is 208 g/mol. The summed E-state index contributed by atoms with van der Waals surface area (Å²) >= 11 is 0. The standard InChI is InChI=1S/C8H19O2P.Al.3H/c1-5-7(3)10-11(9)8(4)6-2;;;;/h7-8,11H,5-6H2,1-4H3;;;;. The molecule has 3 unspecified atom stereocenters. The van der Waals surface area contributed by atoms with Crippen molar-refractivity contribution < 1.29 is 9.09 Å². The first-order chi connectivity index (χ1) is 5.11. The van der Waals surface area contributed by atoms with E-state index >= 15 is 0 Å². The molecule has 0 fully saturated rings. The fourth-order valence-electron chi connectivity index (χ4n) is 0.564. The van der Waals surface area contributed by atoms with E-state index in [9.17, 15) is 4.57 Å². The maximum Gasteiger partial charge on any atom is 0.194 e. The summed E-state index contributed by atoms with van der Waals surface area (Å²) in [6.07, 6.45) is 2.02. The Morgan fingerprint density at radius 1 is 1.25 bits per heavy atom. The Bertz CT molecular complexity index is 130. The molecule has 0 saturated carbocycles. The van der Waals surface area contributed by atoms with Crippen LogP contribution in [-0.4, -0.2) is 29.1 Å². The molecule has 0 aliphatic carbocycles. The van der Waals surface area contributed by atoms with Gasteiger partial charge in [-0.05, 0) is 19.8 Å². The first kappa shape index (κ1) is 15.2. The van der Waals surface area contributed by atoms with E-state index in [2.05, 4.69) is 0 Å². The van der Waals surface area contributed by atoms with Gasteiger partial charge >= 0.3 is 0 Å². The van der Waals surface area contributed by atoms with Crippen molar-refractivity contribution >= 4 is 25.4 Å². The molecule has 0 saturated heterocycles. The second kappa shape index (κ2) is 8.33. The van der Waals surface area contributed by atoms with Crippen molar-refractivity contribution in [3.8, 4) is 0 Å². The number of rotatable bonds is 5. The van der Waals surface area contributed by atoms with E-state index in [1.54, 1.807) is 0 Å². The normalized spacial score (nSPS) is 17.7. The third-order valence-corrected chi connectivity index (χ3v) is 3.75. The van der Waals surface area contributed by atoms with Crippen molar-refractivity contribution in [3.05, 3.63) is 0 Å². The Kier molecular flexibility index (Phi) is 10.6. The molecule has 0 spiro atoms. The van der Waals surface area contributed by atoms with Crippen LogP contribution < -0.4 is 0 Å². The van der Waals surface area contributed by atoms with E-state index in [0.717, 1.165) is 12.8 Å². The number of hydrogen-bond acceptors (Lipinski definition) is 2. The van der Waals surface area contributed by atoms with E-state index in [4.69, 9.17) is 4.52 Å². The van der Waals surface area contributed by atoms with Crippen molar-refractivity contribution in [1.29, 1.82) is 0 Å². The van der Waals surface area contributed by atoms with Crippen molar-refractivity contribution in [1.82, 2.24) is 0 Å². The Balaban J connectivity index is 0. The predicted octanol–water partition coefficient (Wildman–Crippen LogP) is 1.89. The molecule has 0 N–H and O–H groups in total. The summed E-state index contributed by atoms with van der Waals surface area (Å²) in [5.74, 6) is 0. The van der Waals surface area contributed by atoms with Gasteiger partial charge in [0.15, 0.2) is 25.4 Å². The molecular weight excluding hydrogens is 186 g/mol. The van der Waals surface area contributed by atoms with Gasteiger partial charge in [0.05, 0.1) is 6.10 Å². The largest absolute Gasteiger partial charge is 0.327 e. The molecule has 0 radical (unpaired) electrons. The van der Waals surface area contributed by atoms with E-state index in [1.165, 1.54) is 0 Å². The van der Waals surface area contributed by atoms with Gasteiger partial charge in [-0.3, -0.25) is 4.57 Å². The van der Waals surface area contributed by atoms with Crippen molar-refractivity contribution in [2.75, 3.05) is 0 Å². The second-order valence-electron chi connectivity index (χ2n) is 2.97. The highest BCUT2D eigenvalue weighted by molar-refractivity contribution is 7.40. The van der Waals surface area contributed by atoms with Gasteiger partial charge in [0, 0.05) is 5.66 Å². The zero-order valence-electron chi connectivity index (χ0n) is 7.89. The Labute approximate surface area is 87.1 Å². The lowest BCUT2D eigenvalue weighted by atomic mass is 10.3. The van der Waals surface area contributed by atoms with E-state index in [0.29, 0.717) is 0 Å². The van der Waals surface area contributed by atoms with Gasteiger partial charge in [0.2, 0.25) is 0 Å². The quantitative estimate of drug-likeness (QED) is 0.509. The summed E-state index contributed by atoms with van der Waals surface area (Å²) in [6, 6.07) is 0. The van der Waals surface area contributed by atoms with Crippen LogP contribution in [0.1, 0.15) is 40.5 Å².